The van der Waals surface area contributed by atoms with Gasteiger partial charge >= 0.3 is 5.69 Å². The van der Waals surface area contributed by atoms with E-state index in [1.54, 1.807) is 6.08 Å². The topological polar surface area (TPSA) is 75.4 Å². The third kappa shape index (κ3) is 3.85. The maximum absolute atomic E-state index is 13.3. The molecular formula is C14H19FN2O3. The van der Waals surface area contributed by atoms with Gasteiger partial charge in [-0.05, 0) is 17.5 Å². The number of hydrogen-bond acceptors (Lipinski definition) is 4. The first-order valence-corrected chi connectivity index (χ1v) is 6.34. The van der Waals surface area contributed by atoms with Crippen molar-refractivity contribution in [1.29, 1.82) is 0 Å². The first-order valence-electron chi connectivity index (χ1n) is 6.34. The lowest BCUT2D eigenvalue weighted by molar-refractivity contribution is -0.387. The van der Waals surface area contributed by atoms with Gasteiger partial charge in [0, 0.05) is 18.7 Å². The summed E-state index contributed by atoms with van der Waals surface area (Å²) in [5.74, 6) is -0.819. The number of aliphatic hydroxyl groups excluding tert-OH is 1. The van der Waals surface area contributed by atoms with Crippen LogP contribution in [0.3, 0.4) is 0 Å². The molecule has 110 valence electrons. The van der Waals surface area contributed by atoms with Gasteiger partial charge in [-0.2, -0.15) is 4.39 Å². The lowest BCUT2D eigenvalue weighted by Gasteiger charge is -2.27. The Morgan fingerprint density at radius 2 is 2.20 bits per heavy atom. The van der Waals surface area contributed by atoms with E-state index in [1.807, 2.05) is 13.8 Å². The second kappa shape index (κ2) is 7.12. The molecule has 0 amide bonds. The summed E-state index contributed by atoms with van der Waals surface area (Å²) in [4.78, 5) is 9.93. The number of benzene rings is 1. The number of aliphatic hydroxyl groups is 1. The minimum Gasteiger partial charge on any atom is -0.387 e. The quantitative estimate of drug-likeness (QED) is 0.458. The number of halogens is 1. The van der Waals surface area contributed by atoms with Crippen LogP contribution in [0.4, 0.5) is 10.1 Å². The van der Waals surface area contributed by atoms with E-state index in [0.29, 0.717) is 12.1 Å². The zero-order chi connectivity index (χ0) is 15.3. The second-order valence-electron chi connectivity index (χ2n) is 4.88. The molecule has 0 aliphatic heterocycles. The third-order valence-corrected chi connectivity index (χ3v) is 3.06. The fraction of sp³-hybridized carbons (Fsp3) is 0.429. The van der Waals surface area contributed by atoms with Crippen LogP contribution < -0.4 is 5.32 Å². The van der Waals surface area contributed by atoms with Gasteiger partial charge in [-0.15, -0.1) is 6.58 Å². The lowest BCUT2D eigenvalue weighted by Crippen LogP contribution is -2.39. The van der Waals surface area contributed by atoms with E-state index in [1.165, 1.54) is 6.07 Å². The van der Waals surface area contributed by atoms with Crippen LogP contribution >= 0.6 is 0 Å². The largest absolute Gasteiger partial charge is 0.387 e. The summed E-state index contributed by atoms with van der Waals surface area (Å²) in [6.07, 6.45) is 0.698. The summed E-state index contributed by atoms with van der Waals surface area (Å²) in [7, 11) is 0. The maximum Gasteiger partial charge on any atom is 0.305 e. The monoisotopic (exact) mass is 282 g/mol. The Labute approximate surface area is 117 Å². The molecule has 0 radical (unpaired) electrons. The van der Waals surface area contributed by atoms with E-state index in [2.05, 4.69) is 11.9 Å². The number of rotatable bonds is 7. The van der Waals surface area contributed by atoms with E-state index < -0.39 is 22.5 Å². The predicted molar refractivity (Wildman–Crippen MR) is 74.8 cm³/mol. The number of nitrogens with zero attached hydrogens (tertiary/aromatic N) is 1. The van der Waals surface area contributed by atoms with Crippen molar-refractivity contribution in [3.8, 4) is 0 Å². The third-order valence-electron chi connectivity index (χ3n) is 3.06. The molecule has 5 nitrogen and oxygen atoms in total. The van der Waals surface area contributed by atoms with Crippen LogP contribution in [0.1, 0.15) is 25.5 Å². The minimum atomic E-state index is -0.964. The highest BCUT2D eigenvalue weighted by Gasteiger charge is 2.25. The average molecular weight is 282 g/mol. The molecule has 0 saturated carbocycles. The van der Waals surface area contributed by atoms with Crippen molar-refractivity contribution in [3.63, 3.8) is 0 Å². The lowest BCUT2D eigenvalue weighted by atomic mass is 9.93. The summed E-state index contributed by atoms with van der Waals surface area (Å²) in [6, 6.07) is 3.13. The molecule has 20 heavy (non-hydrogen) atoms. The van der Waals surface area contributed by atoms with Gasteiger partial charge in [0.25, 0.3) is 0 Å². The van der Waals surface area contributed by atoms with Gasteiger partial charge in [-0.25, -0.2) is 0 Å². The summed E-state index contributed by atoms with van der Waals surface area (Å²) in [5.41, 5.74) is -0.318. The second-order valence-corrected chi connectivity index (χ2v) is 4.88. The van der Waals surface area contributed by atoms with E-state index in [-0.39, 0.29) is 12.0 Å². The van der Waals surface area contributed by atoms with Crippen molar-refractivity contribution in [1.82, 2.24) is 5.32 Å². The molecule has 2 N–H and O–H groups in total. The number of nitrogens with one attached hydrogen (secondary N) is 1. The van der Waals surface area contributed by atoms with Crippen LogP contribution in [0.25, 0.3) is 0 Å². The highest BCUT2D eigenvalue weighted by atomic mass is 19.1. The molecule has 0 spiro atoms. The Morgan fingerprint density at radius 3 is 2.70 bits per heavy atom. The molecule has 1 aromatic carbocycles. The number of hydrogen-bond donors (Lipinski definition) is 2. The SMILES string of the molecule is C=CCNC(C(C)C)C(O)c1ccc(F)c([N+](=O)[O-])c1. The van der Waals surface area contributed by atoms with Crippen molar-refractivity contribution in [2.24, 2.45) is 5.92 Å². The number of nitro benzene ring substituents is 1. The van der Waals surface area contributed by atoms with E-state index in [4.69, 9.17) is 0 Å². The molecule has 2 unspecified atom stereocenters. The van der Waals surface area contributed by atoms with Crippen LogP contribution in [-0.2, 0) is 0 Å². The van der Waals surface area contributed by atoms with Gasteiger partial charge in [0.15, 0.2) is 0 Å². The summed E-state index contributed by atoms with van der Waals surface area (Å²) < 4.78 is 13.3. The summed E-state index contributed by atoms with van der Waals surface area (Å²) in [6.45, 7) is 7.93. The molecule has 0 bridgehead atoms. The Morgan fingerprint density at radius 1 is 1.55 bits per heavy atom. The molecule has 0 heterocycles. The zero-order valence-electron chi connectivity index (χ0n) is 11.5. The predicted octanol–water partition coefficient (Wildman–Crippen LogP) is 2.57. The van der Waals surface area contributed by atoms with Crippen LogP contribution in [0.15, 0.2) is 30.9 Å². The maximum atomic E-state index is 13.3. The molecule has 0 aliphatic carbocycles. The van der Waals surface area contributed by atoms with Gasteiger partial charge in [0.2, 0.25) is 5.82 Å². The van der Waals surface area contributed by atoms with Gasteiger partial charge in [-0.1, -0.05) is 26.0 Å². The van der Waals surface area contributed by atoms with E-state index >= 15 is 0 Å². The smallest absolute Gasteiger partial charge is 0.305 e. The van der Waals surface area contributed by atoms with Crippen molar-refractivity contribution in [2.45, 2.75) is 26.0 Å². The molecule has 0 aliphatic rings. The Balaban J connectivity index is 3.05. The zero-order valence-corrected chi connectivity index (χ0v) is 11.5. The molecule has 0 aromatic heterocycles. The molecule has 0 saturated heterocycles. The van der Waals surface area contributed by atoms with Crippen molar-refractivity contribution in [2.75, 3.05) is 6.54 Å². The standard InChI is InChI=1S/C14H19FN2O3/c1-4-7-16-13(9(2)3)14(18)10-5-6-11(15)12(8-10)17(19)20/h4-6,8-9,13-14,16,18H,1,7H2,2-3H3. The summed E-state index contributed by atoms with van der Waals surface area (Å²) in [5, 5.41) is 24.2. The Hall–Kier alpha value is -1.79. The van der Waals surface area contributed by atoms with E-state index in [9.17, 15) is 19.6 Å². The Kier molecular flexibility index (Phi) is 5.79. The minimum absolute atomic E-state index is 0.0917. The Bertz CT molecular complexity index is 491. The molecule has 1 aromatic rings. The van der Waals surface area contributed by atoms with Crippen LogP contribution in [0.2, 0.25) is 0 Å². The summed E-state index contributed by atoms with van der Waals surface area (Å²) >= 11 is 0. The van der Waals surface area contributed by atoms with Gasteiger partial charge in [-0.3, -0.25) is 10.1 Å². The molecular weight excluding hydrogens is 263 g/mol. The first kappa shape index (κ1) is 16.3. The van der Waals surface area contributed by atoms with Crippen LogP contribution in [0, 0.1) is 21.8 Å². The van der Waals surface area contributed by atoms with E-state index in [0.717, 1.165) is 12.1 Å². The molecule has 6 heteroatoms. The fourth-order valence-corrected chi connectivity index (χ4v) is 1.99. The molecule has 2 atom stereocenters. The van der Waals surface area contributed by atoms with Crippen LogP contribution in [0.5, 0.6) is 0 Å². The highest BCUT2D eigenvalue weighted by Crippen LogP contribution is 2.26. The van der Waals surface area contributed by atoms with Crippen molar-refractivity contribution < 1.29 is 14.4 Å². The fourth-order valence-electron chi connectivity index (χ4n) is 1.99. The molecule has 0 fully saturated rings. The van der Waals surface area contributed by atoms with Crippen molar-refractivity contribution in [3.05, 3.63) is 52.3 Å². The van der Waals surface area contributed by atoms with Gasteiger partial charge in [0.1, 0.15) is 0 Å². The molecule has 1 rings (SSSR count). The van der Waals surface area contributed by atoms with Gasteiger partial charge in [0.05, 0.1) is 11.0 Å². The van der Waals surface area contributed by atoms with Crippen LogP contribution in [-0.4, -0.2) is 22.6 Å². The van der Waals surface area contributed by atoms with Gasteiger partial charge < -0.3 is 10.4 Å². The van der Waals surface area contributed by atoms with Crippen molar-refractivity contribution >= 4 is 5.69 Å². The average Bonchev–Trinajstić information content (AvgIpc) is 2.38. The normalized spacial score (nSPS) is 14.1. The first-order chi connectivity index (χ1) is 9.38. The highest BCUT2D eigenvalue weighted by molar-refractivity contribution is 5.37. The number of nitro groups is 1.